The molecule has 1 nitrogen and oxygen atoms in total. The van der Waals surface area contributed by atoms with Crippen molar-refractivity contribution in [1.29, 1.82) is 0 Å². The van der Waals surface area contributed by atoms with E-state index < -0.39 is 0 Å². The van der Waals surface area contributed by atoms with Crippen LogP contribution in [0.15, 0.2) is 70.0 Å². The monoisotopic (exact) mass is 283 g/mol. The molecule has 0 amide bonds. The number of benzene rings is 2. The van der Waals surface area contributed by atoms with Crippen molar-refractivity contribution in [3.63, 3.8) is 0 Å². The van der Waals surface area contributed by atoms with Crippen LogP contribution in [-0.2, 0) is 0 Å². The Morgan fingerprint density at radius 3 is 2.15 bits per heavy atom. The van der Waals surface area contributed by atoms with Gasteiger partial charge >= 0.3 is 0 Å². The molecule has 0 aromatic heterocycles. The van der Waals surface area contributed by atoms with Gasteiger partial charge in [0.15, 0.2) is 0 Å². The first-order valence-electron chi connectivity index (χ1n) is 6.78. The highest BCUT2D eigenvalue weighted by Gasteiger charge is 1.98. The molecule has 104 valence electrons. The van der Waals surface area contributed by atoms with Gasteiger partial charge in [0, 0.05) is 16.3 Å². The van der Waals surface area contributed by atoms with E-state index in [-0.39, 0.29) is 0 Å². The van der Waals surface area contributed by atoms with Crippen molar-refractivity contribution in [1.82, 2.24) is 4.90 Å². The summed E-state index contributed by atoms with van der Waals surface area (Å²) in [6.07, 6.45) is 2.25. The van der Waals surface area contributed by atoms with Crippen LogP contribution in [0.2, 0.25) is 0 Å². The SMILES string of the molecule is CC(=Cc1ccc(Sc2ccccc2)cc1)CN(C)C. The third-order valence-electron chi connectivity index (χ3n) is 2.84. The molecular formula is C18H21NS. The Morgan fingerprint density at radius 1 is 0.950 bits per heavy atom. The topological polar surface area (TPSA) is 3.24 Å². The summed E-state index contributed by atoms with van der Waals surface area (Å²) in [5, 5.41) is 0. The molecule has 0 atom stereocenters. The van der Waals surface area contributed by atoms with Gasteiger partial charge in [0.05, 0.1) is 0 Å². The third kappa shape index (κ3) is 4.87. The van der Waals surface area contributed by atoms with Gasteiger partial charge in [0.1, 0.15) is 0 Å². The van der Waals surface area contributed by atoms with Crippen LogP contribution in [0.25, 0.3) is 6.08 Å². The fourth-order valence-electron chi connectivity index (χ4n) is 2.09. The van der Waals surface area contributed by atoms with Crippen molar-refractivity contribution in [3.8, 4) is 0 Å². The van der Waals surface area contributed by atoms with E-state index in [1.54, 1.807) is 11.8 Å². The minimum atomic E-state index is 1.00. The zero-order chi connectivity index (χ0) is 14.4. The highest BCUT2D eigenvalue weighted by atomic mass is 32.2. The van der Waals surface area contributed by atoms with E-state index in [2.05, 4.69) is 80.5 Å². The lowest BCUT2D eigenvalue weighted by atomic mass is 10.1. The highest BCUT2D eigenvalue weighted by Crippen LogP contribution is 2.27. The van der Waals surface area contributed by atoms with E-state index in [0.717, 1.165) is 6.54 Å². The van der Waals surface area contributed by atoms with Crippen LogP contribution in [0.3, 0.4) is 0 Å². The molecule has 0 aliphatic carbocycles. The molecule has 0 heterocycles. The molecule has 0 radical (unpaired) electrons. The smallest absolute Gasteiger partial charge is 0.0187 e. The van der Waals surface area contributed by atoms with Gasteiger partial charge in [-0.25, -0.2) is 0 Å². The average Bonchev–Trinajstić information content (AvgIpc) is 2.41. The van der Waals surface area contributed by atoms with Gasteiger partial charge in [0.25, 0.3) is 0 Å². The Morgan fingerprint density at radius 2 is 1.55 bits per heavy atom. The summed E-state index contributed by atoms with van der Waals surface area (Å²) in [4.78, 5) is 4.74. The molecule has 2 rings (SSSR count). The minimum absolute atomic E-state index is 1.00. The fraction of sp³-hybridized carbons (Fsp3) is 0.222. The molecule has 0 fully saturated rings. The lowest BCUT2D eigenvalue weighted by Gasteiger charge is -2.09. The van der Waals surface area contributed by atoms with Crippen LogP contribution in [0, 0.1) is 0 Å². The molecule has 0 unspecified atom stereocenters. The van der Waals surface area contributed by atoms with Crippen molar-refractivity contribution in [2.24, 2.45) is 0 Å². The van der Waals surface area contributed by atoms with Gasteiger partial charge in [-0.1, -0.05) is 53.7 Å². The quantitative estimate of drug-likeness (QED) is 0.775. The average molecular weight is 283 g/mol. The molecule has 2 aromatic rings. The lowest BCUT2D eigenvalue weighted by Crippen LogP contribution is -2.13. The first-order chi connectivity index (χ1) is 9.63. The largest absolute Gasteiger partial charge is 0.305 e. The fourth-order valence-corrected chi connectivity index (χ4v) is 2.92. The summed E-state index contributed by atoms with van der Waals surface area (Å²) in [5.74, 6) is 0. The van der Waals surface area contributed by atoms with Crippen LogP contribution >= 0.6 is 11.8 Å². The molecule has 0 aliphatic heterocycles. The summed E-state index contributed by atoms with van der Waals surface area (Å²) in [6.45, 7) is 3.17. The Hall–Kier alpha value is -1.51. The van der Waals surface area contributed by atoms with E-state index in [9.17, 15) is 0 Å². The Bertz CT molecular complexity index is 556. The predicted octanol–water partition coefficient (Wildman–Crippen LogP) is 4.80. The molecule has 0 saturated carbocycles. The van der Waals surface area contributed by atoms with Gasteiger partial charge in [-0.3, -0.25) is 0 Å². The van der Waals surface area contributed by atoms with Gasteiger partial charge in [-0.2, -0.15) is 0 Å². The zero-order valence-electron chi connectivity index (χ0n) is 12.3. The molecule has 20 heavy (non-hydrogen) atoms. The number of hydrogen-bond acceptors (Lipinski definition) is 2. The molecule has 2 aromatic carbocycles. The van der Waals surface area contributed by atoms with E-state index >= 15 is 0 Å². The standard InChI is InChI=1S/C18H21NS/c1-15(14-19(2)3)13-16-9-11-18(12-10-16)20-17-7-5-4-6-8-17/h4-13H,14H2,1-3H3. The Balaban J connectivity index is 2.03. The molecule has 2 heteroatoms. The van der Waals surface area contributed by atoms with E-state index in [4.69, 9.17) is 0 Å². The predicted molar refractivity (Wildman–Crippen MR) is 89.2 cm³/mol. The van der Waals surface area contributed by atoms with Crippen LogP contribution in [0.4, 0.5) is 0 Å². The second-order valence-corrected chi connectivity index (χ2v) is 6.36. The van der Waals surface area contributed by atoms with Crippen molar-refractivity contribution in [2.45, 2.75) is 16.7 Å². The lowest BCUT2D eigenvalue weighted by molar-refractivity contribution is 0.446. The summed E-state index contributed by atoms with van der Waals surface area (Å²) >= 11 is 1.80. The molecule has 0 spiro atoms. The summed E-state index contributed by atoms with van der Waals surface area (Å²) < 4.78 is 0. The van der Waals surface area contributed by atoms with Crippen LogP contribution < -0.4 is 0 Å². The maximum atomic E-state index is 2.25. The molecule has 0 N–H and O–H groups in total. The minimum Gasteiger partial charge on any atom is -0.305 e. The van der Waals surface area contributed by atoms with E-state index in [0.29, 0.717) is 0 Å². The van der Waals surface area contributed by atoms with Crippen molar-refractivity contribution >= 4 is 17.8 Å². The number of rotatable bonds is 5. The zero-order valence-corrected chi connectivity index (χ0v) is 13.2. The third-order valence-corrected chi connectivity index (χ3v) is 3.85. The van der Waals surface area contributed by atoms with Crippen molar-refractivity contribution < 1.29 is 0 Å². The van der Waals surface area contributed by atoms with Gasteiger partial charge in [-0.15, -0.1) is 0 Å². The van der Waals surface area contributed by atoms with Crippen molar-refractivity contribution in [2.75, 3.05) is 20.6 Å². The van der Waals surface area contributed by atoms with Gasteiger partial charge in [-0.05, 0) is 50.8 Å². The number of likely N-dealkylation sites (N-methyl/N-ethyl adjacent to an activating group) is 1. The molecule has 0 bridgehead atoms. The van der Waals surface area contributed by atoms with Crippen molar-refractivity contribution in [3.05, 3.63) is 65.7 Å². The number of hydrogen-bond donors (Lipinski definition) is 0. The molecular weight excluding hydrogens is 262 g/mol. The number of nitrogens with zero attached hydrogens (tertiary/aromatic N) is 1. The maximum Gasteiger partial charge on any atom is 0.0187 e. The maximum absolute atomic E-state index is 2.25. The Kier molecular flexibility index (Phi) is 5.45. The van der Waals surface area contributed by atoms with Crippen LogP contribution in [0.1, 0.15) is 12.5 Å². The van der Waals surface area contributed by atoms with E-state index in [1.807, 2.05) is 6.07 Å². The second-order valence-electron chi connectivity index (χ2n) is 5.21. The van der Waals surface area contributed by atoms with Crippen LogP contribution in [0.5, 0.6) is 0 Å². The van der Waals surface area contributed by atoms with Gasteiger partial charge in [0.2, 0.25) is 0 Å². The molecule has 0 aliphatic rings. The first kappa shape index (κ1) is 14.9. The summed E-state index contributed by atoms with van der Waals surface area (Å²) in [5.41, 5.74) is 2.64. The highest BCUT2D eigenvalue weighted by molar-refractivity contribution is 7.99. The van der Waals surface area contributed by atoms with E-state index in [1.165, 1.54) is 20.9 Å². The van der Waals surface area contributed by atoms with Crippen LogP contribution in [-0.4, -0.2) is 25.5 Å². The first-order valence-corrected chi connectivity index (χ1v) is 7.60. The van der Waals surface area contributed by atoms with Gasteiger partial charge < -0.3 is 4.90 Å². The normalized spacial score (nSPS) is 11.9. The summed E-state index contributed by atoms with van der Waals surface area (Å²) in [6, 6.07) is 19.2. The second kappa shape index (κ2) is 7.32. The molecule has 0 saturated heterocycles. The Labute approximate surface area is 126 Å². The summed E-state index contributed by atoms with van der Waals surface area (Å²) in [7, 11) is 4.19.